The minimum Gasteiger partial charge on any atom is -0.342 e. The number of amides is 1. The molecular formula is C10H15F3N2O. The lowest BCUT2D eigenvalue weighted by Gasteiger charge is -2.19. The van der Waals surface area contributed by atoms with Gasteiger partial charge in [0.1, 0.15) is 6.42 Å². The Labute approximate surface area is 91.8 Å². The first kappa shape index (κ1) is 11.7. The van der Waals surface area contributed by atoms with Gasteiger partial charge in [-0.3, -0.25) is 4.79 Å². The van der Waals surface area contributed by atoms with Gasteiger partial charge in [-0.05, 0) is 24.7 Å². The summed E-state index contributed by atoms with van der Waals surface area (Å²) in [5.41, 5.74) is 5.85. The first-order chi connectivity index (χ1) is 7.37. The largest absolute Gasteiger partial charge is 0.397 e. The van der Waals surface area contributed by atoms with Crippen molar-refractivity contribution >= 4 is 5.91 Å². The van der Waals surface area contributed by atoms with Crippen LogP contribution in [0, 0.1) is 11.8 Å². The number of fused-ring (bicyclic) bond motifs is 1. The fourth-order valence-electron chi connectivity index (χ4n) is 2.79. The highest BCUT2D eigenvalue weighted by atomic mass is 19.4. The highest BCUT2D eigenvalue weighted by Crippen LogP contribution is 2.37. The second kappa shape index (κ2) is 3.91. The lowest BCUT2D eigenvalue weighted by atomic mass is 9.98. The molecule has 1 saturated carbocycles. The molecule has 6 heteroatoms. The van der Waals surface area contributed by atoms with Crippen molar-refractivity contribution < 1.29 is 18.0 Å². The van der Waals surface area contributed by atoms with Crippen LogP contribution in [0.4, 0.5) is 13.2 Å². The zero-order valence-electron chi connectivity index (χ0n) is 8.83. The van der Waals surface area contributed by atoms with Crippen LogP contribution in [0.25, 0.3) is 0 Å². The third kappa shape index (κ3) is 2.31. The molecule has 0 radical (unpaired) electrons. The van der Waals surface area contributed by atoms with Crippen molar-refractivity contribution in [2.75, 3.05) is 13.1 Å². The van der Waals surface area contributed by atoms with E-state index in [0.717, 1.165) is 12.8 Å². The summed E-state index contributed by atoms with van der Waals surface area (Å²) in [6.07, 6.45) is -3.89. The summed E-state index contributed by atoms with van der Waals surface area (Å²) in [5.74, 6) is -0.293. The number of rotatable bonds is 1. The average Bonchev–Trinajstić information content (AvgIpc) is 2.65. The van der Waals surface area contributed by atoms with Crippen LogP contribution in [0.3, 0.4) is 0 Å². The van der Waals surface area contributed by atoms with Gasteiger partial charge in [-0.25, -0.2) is 0 Å². The highest BCUT2D eigenvalue weighted by molar-refractivity contribution is 5.77. The van der Waals surface area contributed by atoms with E-state index in [1.807, 2.05) is 0 Å². The fraction of sp³-hybridized carbons (Fsp3) is 0.900. The van der Waals surface area contributed by atoms with Crippen molar-refractivity contribution in [3.8, 4) is 0 Å². The molecule has 0 aromatic rings. The third-order valence-corrected chi connectivity index (χ3v) is 3.62. The molecule has 1 aliphatic heterocycles. The van der Waals surface area contributed by atoms with E-state index in [9.17, 15) is 18.0 Å². The Bertz CT molecular complexity index is 292. The maximum atomic E-state index is 12.1. The van der Waals surface area contributed by atoms with Crippen molar-refractivity contribution in [3.63, 3.8) is 0 Å². The molecule has 92 valence electrons. The minimum absolute atomic E-state index is 0.0497. The van der Waals surface area contributed by atoms with Crippen LogP contribution >= 0.6 is 0 Å². The molecule has 1 heterocycles. The molecule has 2 N–H and O–H groups in total. The van der Waals surface area contributed by atoms with Crippen molar-refractivity contribution in [3.05, 3.63) is 0 Å². The number of nitrogens with two attached hydrogens (primary N) is 1. The first-order valence-electron chi connectivity index (χ1n) is 5.47. The van der Waals surface area contributed by atoms with Crippen molar-refractivity contribution in [1.29, 1.82) is 0 Å². The zero-order chi connectivity index (χ0) is 11.9. The molecule has 16 heavy (non-hydrogen) atoms. The van der Waals surface area contributed by atoms with Crippen LogP contribution in [0.5, 0.6) is 0 Å². The van der Waals surface area contributed by atoms with Crippen molar-refractivity contribution in [2.45, 2.75) is 31.5 Å². The van der Waals surface area contributed by atoms with E-state index >= 15 is 0 Å². The Morgan fingerprint density at radius 2 is 2.00 bits per heavy atom. The molecule has 2 aliphatic rings. The van der Waals surface area contributed by atoms with Gasteiger partial charge in [0.05, 0.1) is 0 Å². The number of alkyl halides is 3. The lowest BCUT2D eigenvalue weighted by Crippen LogP contribution is -2.35. The Morgan fingerprint density at radius 1 is 1.31 bits per heavy atom. The molecule has 2 fully saturated rings. The Balaban J connectivity index is 1.92. The predicted octanol–water partition coefficient (Wildman–Crippen LogP) is 1.13. The van der Waals surface area contributed by atoms with Gasteiger partial charge in [0.2, 0.25) is 5.91 Å². The van der Waals surface area contributed by atoms with E-state index in [-0.39, 0.29) is 12.0 Å². The molecule has 3 nitrogen and oxygen atoms in total. The second-order valence-corrected chi connectivity index (χ2v) is 4.76. The summed E-state index contributed by atoms with van der Waals surface area (Å²) < 4.78 is 36.2. The first-order valence-corrected chi connectivity index (χ1v) is 5.47. The van der Waals surface area contributed by atoms with Crippen molar-refractivity contribution in [2.24, 2.45) is 17.6 Å². The normalized spacial score (nSPS) is 34.2. The van der Waals surface area contributed by atoms with Gasteiger partial charge in [-0.1, -0.05) is 0 Å². The Hall–Kier alpha value is -0.780. The SMILES string of the molecule is N[C@@H]1CC[C@@H]2CN(C(=O)CC(F)(F)F)C[C@@H]21. The number of nitrogens with zero attached hydrogens (tertiary/aromatic N) is 1. The smallest absolute Gasteiger partial charge is 0.342 e. The molecule has 0 aromatic carbocycles. The van der Waals surface area contributed by atoms with Gasteiger partial charge in [-0.15, -0.1) is 0 Å². The quantitative estimate of drug-likeness (QED) is 0.742. The third-order valence-electron chi connectivity index (χ3n) is 3.62. The van der Waals surface area contributed by atoms with E-state index in [0.29, 0.717) is 19.0 Å². The zero-order valence-corrected chi connectivity index (χ0v) is 8.83. The molecule has 3 atom stereocenters. The van der Waals surface area contributed by atoms with E-state index in [2.05, 4.69) is 0 Å². The standard InChI is InChI=1S/C10H15F3N2O/c11-10(12,13)3-9(16)15-4-6-1-2-8(14)7(6)5-15/h6-8H,1-5,14H2/t6-,7+,8-/m1/s1. The lowest BCUT2D eigenvalue weighted by molar-refractivity contribution is -0.160. The number of hydrogen-bond donors (Lipinski definition) is 1. The topological polar surface area (TPSA) is 46.3 Å². The minimum atomic E-state index is -4.41. The molecule has 0 unspecified atom stereocenters. The van der Waals surface area contributed by atoms with Gasteiger partial charge in [0.15, 0.2) is 0 Å². The molecule has 1 amide bonds. The molecule has 0 aromatic heterocycles. The van der Waals surface area contributed by atoms with Gasteiger partial charge >= 0.3 is 6.18 Å². The average molecular weight is 236 g/mol. The van der Waals surface area contributed by atoms with E-state index in [1.165, 1.54) is 4.90 Å². The second-order valence-electron chi connectivity index (χ2n) is 4.76. The van der Waals surface area contributed by atoms with Crippen LogP contribution in [0.15, 0.2) is 0 Å². The summed E-state index contributed by atoms with van der Waals surface area (Å²) in [4.78, 5) is 12.7. The van der Waals surface area contributed by atoms with E-state index in [4.69, 9.17) is 5.73 Å². The molecule has 2 rings (SSSR count). The fourth-order valence-corrected chi connectivity index (χ4v) is 2.79. The summed E-state index contributed by atoms with van der Waals surface area (Å²) in [7, 11) is 0. The number of hydrogen-bond acceptors (Lipinski definition) is 2. The molecule has 1 saturated heterocycles. The Kier molecular flexibility index (Phi) is 2.86. The van der Waals surface area contributed by atoms with Gasteiger partial charge in [0.25, 0.3) is 0 Å². The summed E-state index contributed by atoms with van der Waals surface area (Å²) in [6.45, 7) is 0.855. The van der Waals surface area contributed by atoms with Gasteiger partial charge in [0, 0.05) is 19.1 Å². The van der Waals surface area contributed by atoms with Crippen LogP contribution < -0.4 is 5.73 Å². The van der Waals surface area contributed by atoms with Crippen molar-refractivity contribution in [1.82, 2.24) is 4.90 Å². The summed E-state index contributed by atoms with van der Waals surface area (Å²) >= 11 is 0. The summed E-state index contributed by atoms with van der Waals surface area (Å²) in [5, 5.41) is 0. The monoisotopic (exact) mass is 236 g/mol. The number of likely N-dealkylation sites (tertiary alicyclic amines) is 1. The van der Waals surface area contributed by atoms with Crippen LogP contribution in [0.2, 0.25) is 0 Å². The van der Waals surface area contributed by atoms with Crippen LogP contribution in [-0.2, 0) is 4.79 Å². The molecular weight excluding hydrogens is 221 g/mol. The molecule has 0 bridgehead atoms. The van der Waals surface area contributed by atoms with Gasteiger partial charge < -0.3 is 10.6 Å². The van der Waals surface area contributed by atoms with E-state index < -0.39 is 18.5 Å². The predicted molar refractivity (Wildman–Crippen MR) is 51.4 cm³/mol. The Morgan fingerprint density at radius 3 is 2.56 bits per heavy atom. The molecule has 1 aliphatic carbocycles. The maximum Gasteiger partial charge on any atom is 0.397 e. The summed E-state index contributed by atoms with van der Waals surface area (Å²) in [6, 6.07) is 0.0497. The van der Waals surface area contributed by atoms with Crippen LogP contribution in [-0.4, -0.2) is 36.1 Å². The highest BCUT2D eigenvalue weighted by Gasteiger charge is 2.44. The number of carbonyl (C=O) groups is 1. The number of halogens is 3. The number of carbonyl (C=O) groups excluding carboxylic acids is 1. The molecule has 0 spiro atoms. The van der Waals surface area contributed by atoms with Gasteiger partial charge in [-0.2, -0.15) is 13.2 Å². The van der Waals surface area contributed by atoms with E-state index in [1.54, 1.807) is 0 Å². The maximum absolute atomic E-state index is 12.1. The van der Waals surface area contributed by atoms with Crippen LogP contribution in [0.1, 0.15) is 19.3 Å².